The van der Waals surface area contributed by atoms with Gasteiger partial charge in [0.15, 0.2) is 6.10 Å². The van der Waals surface area contributed by atoms with Crippen molar-refractivity contribution in [3.63, 3.8) is 0 Å². The lowest BCUT2D eigenvalue weighted by Gasteiger charge is -2.34. The number of carbonyl (C=O) groups excluding carboxylic acids is 4. The first-order valence-electron chi connectivity index (χ1n) is 17.3. The second kappa shape index (κ2) is 20.0. The van der Waals surface area contributed by atoms with Gasteiger partial charge in [0.1, 0.15) is 24.2 Å². The van der Waals surface area contributed by atoms with Gasteiger partial charge in [0, 0.05) is 18.9 Å². The molecular weight excluding hydrogens is 713 g/mol. The number of hydrogen-bond donors (Lipinski definition) is 4. The number of aliphatic hydroxyl groups is 1. The number of rotatable bonds is 11. The number of ether oxygens (including phenoxy) is 4. The zero-order chi connectivity index (χ0) is 38.6. The van der Waals surface area contributed by atoms with E-state index in [1.807, 2.05) is 19.9 Å². The molecule has 1 heterocycles. The van der Waals surface area contributed by atoms with Crippen LogP contribution in [0.1, 0.15) is 64.0 Å². The van der Waals surface area contributed by atoms with Gasteiger partial charge in [0.25, 0.3) is 0 Å². The van der Waals surface area contributed by atoms with Crippen molar-refractivity contribution in [1.82, 2.24) is 10.6 Å². The third-order valence-electron chi connectivity index (χ3n) is 8.70. The number of nitrogens with two attached hydrogens (primary N) is 1. The molecule has 2 aromatic carbocycles. The van der Waals surface area contributed by atoms with Gasteiger partial charge in [-0.25, -0.2) is 4.79 Å². The molecule has 0 radical (unpaired) electrons. The molecule has 0 saturated carbocycles. The van der Waals surface area contributed by atoms with Gasteiger partial charge in [-0.15, -0.1) is 11.6 Å². The minimum absolute atomic E-state index is 0.0273. The van der Waals surface area contributed by atoms with E-state index in [0.29, 0.717) is 21.9 Å². The number of nitrogens with one attached hydrogen (secondary N) is 2. The molecule has 1 amide bonds. The number of cyclic esters (lactones) is 2. The van der Waals surface area contributed by atoms with E-state index >= 15 is 0 Å². The highest BCUT2D eigenvalue weighted by Gasteiger charge is 2.40. The summed E-state index contributed by atoms with van der Waals surface area (Å²) in [4.78, 5) is 53.5. The summed E-state index contributed by atoms with van der Waals surface area (Å²) in [5.41, 5.74) is 5.69. The molecule has 0 aromatic heterocycles. The van der Waals surface area contributed by atoms with Crippen LogP contribution in [0.3, 0.4) is 0 Å². The number of alkyl halides is 1. The average Bonchev–Trinajstić information content (AvgIpc) is 3.10. The van der Waals surface area contributed by atoms with Crippen molar-refractivity contribution in [2.45, 2.75) is 89.8 Å². The topological polar surface area (TPSA) is 176 Å². The van der Waals surface area contributed by atoms with Crippen molar-refractivity contribution in [3.05, 3.63) is 76.8 Å². The van der Waals surface area contributed by atoms with Crippen LogP contribution in [0, 0.1) is 17.3 Å². The Morgan fingerprint density at radius 3 is 2.40 bits per heavy atom. The average molecular weight is 765 g/mol. The van der Waals surface area contributed by atoms with Crippen LogP contribution in [0.15, 0.2) is 60.7 Å². The number of methoxy groups -OCH3 is 1. The lowest BCUT2D eigenvalue weighted by molar-refractivity contribution is -0.181. The fourth-order valence-corrected chi connectivity index (χ4v) is 6.29. The molecule has 0 bridgehead atoms. The van der Waals surface area contributed by atoms with Gasteiger partial charge in [-0.3, -0.25) is 19.7 Å². The summed E-state index contributed by atoms with van der Waals surface area (Å²) < 4.78 is 22.8. The first kappa shape index (κ1) is 42.7. The summed E-state index contributed by atoms with van der Waals surface area (Å²) in [6, 6.07) is 13.1. The van der Waals surface area contributed by atoms with Gasteiger partial charge in [-0.2, -0.15) is 0 Å². The van der Waals surface area contributed by atoms with Crippen molar-refractivity contribution in [3.8, 4) is 5.75 Å². The minimum Gasteiger partial charge on any atom is -0.495 e. The summed E-state index contributed by atoms with van der Waals surface area (Å²) >= 11 is 13.3. The van der Waals surface area contributed by atoms with Gasteiger partial charge < -0.3 is 35.1 Å². The molecule has 0 fully saturated rings. The monoisotopic (exact) mass is 763 g/mol. The van der Waals surface area contributed by atoms with E-state index in [1.165, 1.54) is 13.2 Å². The Balaban J connectivity index is 2.03. The van der Waals surface area contributed by atoms with Crippen molar-refractivity contribution in [1.29, 1.82) is 0 Å². The molecule has 14 heteroatoms. The van der Waals surface area contributed by atoms with Crippen molar-refractivity contribution < 1.29 is 43.2 Å². The number of halogens is 2. The minimum atomic E-state index is -1.33. The summed E-state index contributed by atoms with van der Waals surface area (Å²) in [7, 11) is 1.49. The Bertz CT molecular complexity index is 1540. The molecule has 2 aromatic rings. The Hall–Kier alpha value is -3.68. The Kier molecular flexibility index (Phi) is 16.4. The zero-order valence-electron chi connectivity index (χ0n) is 30.5. The van der Waals surface area contributed by atoms with E-state index in [1.54, 1.807) is 69.3 Å². The highest BCUT2D eigenvalue weighted by molar-refractivity contribution is 6.32. The first-order chi connectivity index (χ1) is 24.6. The van der Waals surface area contributed by atoms with Gasteiger partial charge in [0.05, 0.1) is 35.5 Å². The number of benzene rings is 2. The van der Waals surface area contributed by atoms with E-state index in [4.69, 9.17) is 47.9 Å². The maximum atomic E-state index is 13.8. The second-order valence-electron chi connectivity index (χ2n) is 13.9. The van der Waals surface area contributed by atoms with Gasteiger partial charge in [-0.1, -0.05) is 74.8 Å². The molecule has 1 aliphatic rings. The summed E-state index contributed by atoms with van der Waals surface area (Å²) in [5.74, 6) is -3.04. The fourth-order valence-electron chi connectivity index (χ4n) is 5.58. The number of amides is 1. The SMILES string of the molecule is COc1ccc(C[C@H]2NC(O)/C=C/C[C@@H]([C@H](C)[C@@H](OC(=O)CN)[C@@H](Cl)c3ccccc3)OC(=O)[C@H](CC(C)C)OC(=O)C(C)(C)CNC2=O)cc1Cl. The molecule has 286 valence electrons. The number of esters is 3. The van der Waals surface area contributed by atoms with Crippen LogP contribution in [-0.4, -0.2) is 79.7 Å². The van der Waals surface area contributed by atoms with Crippen LogP contribution >= 0.6 is 23.2 Å². The molecule has 0 saturated heterocycles. The predicted molar refractivity (Wildman–Crippen MR) is 198 cm³/mol. The van der Waals surface area contributed by atoms with Crippen LogP contribution in [0.5, 0.6) is 5.75 Å². The Morgan fingerprint density at radius 1 is 1.10 bits per heavy atom. The molecule has 0 aliphatic carbocycles. The van der Waals surface area contributed by atoms with Gasteiger partial charge >= 0.3 is 17.9 Å². The molecule has 1 unspecified atom stereocenters. The first-order valence-corrected chi connectivity index (χ1v) is 18.1. The lowest BCUT2D eigenvalue weighted by atomic mass is 9.90. The van der Waals surface area contributed by atoms with E-state index in [9.17, 15) is 24.3 Å². The summed E-state index contributed by atoms with van der Waals surface area (Å²) in [6.07, 6.45) is -1.27. The molecule has 3 rings (SSSR count). The largest absolute Gasteiger partial charge is 0.495 e. The second-order valence-corrected chi connectivity index (χ2v) is 14.8. The van der Waals surface area contributed by atoms with Crippen molar-refractivity contribution >= 4 is 47.0 Å². The van der Waals surface area contributed by atoms with E-state index < -0.39 is 77.7 Å². The molecule has 52 heavy (non-hydrogen) atoms. The lowest BCUT2D eigenvalue weighted by Crippen LogP contribution is -2.52. The highest BCUT2D eigenvalue weighted by atomic mass is 35.5. The molecule has 5 N–H and O–H groups in total. The number of aliphatic hydroxyl groups excluding tert-OH is 1. The third-order valence-corrected chi connectivity index (χ3v) is 9.49. The van der Waals surface area contributed by atoms with Gasteiger partial charge in [-0.05, 0) is 61.9 Å². The smallest absolute Gasteiger partial charge is 0.347 e. The Morgan fingerprint density at radius 2 is 1.79 bits per heavy atom. The summed E-state index contributed by atoms with van der Waals surface area (Å²) in [6.45, 7) is 8.11. The molecular formula is C38H51Cl2N3O9. The van der Waals surface area contributed by atoms with E-state index in [-0.39, 0.29) is 31.7 Å². The Labute approximate surface area is 315 Å². The van der Waals surface area contributed by atoms with Crippen LogP contribution in [0.2, 0.25) is 5.02 Å². The molecule has 7 atom stereocenters. The van der Waals surface area contributed by atoms with Crippen LogP contribution in [0.25, 0.3) is 0 Å². The zero-order valence-corrected chi connectivity index (χ0v) is 32.0. The number of carbonyl (C=O) groups is 4. The number of hydrogen-bond acceptors (Lipinski definition) is 11. The van der Waals surface area contributed by atoms with Crippen LogP contribution in [-0.2, 0) is 39.8 Å². The normalized spacial score (nSPS) is 24.1. The fraction of sp³-hybridized carbons (Fsp3) is 0.526. The molecule has 0 spiro atoms. The van der Waals surface area contributed by atoms with Crippen molar-refractivity contribution in [2.75, 3.05) is 20.2 Å². The van der Waals surface area contributed by atoms with E-state index in [0.717, 1.165) is 0 Å². The predicted octanol–water partition coefficient (Wildman–Crippen LogP) is 4.63. The van der Waals surface area contributed by atoms with Crippen LogP contribution < -0.4 is 21.1 Å². The highest BCUT2D eigenvalue weighted by Crippen LogP contribution is 2.35. The maximum Gasteiger partial charge on any atom is 0.347 e. The van der Waals surface area contributed by atoms with Crippen molar-refractivity contribution in [2.24, 2.45) is 23.0 Å². The quantitative estimate of drug-likeness (QED) is 0.109. The van der Waals surface area contributed by atoms with Gasteiger partial charge in [0.2, 0.25) is 5.91 Å². The van der Waals surface area contributed by atoms with E-state index in [2.05, 4.69) is 10.6 Å². The summed E-state index contributed by atoms with van der Waals surface area (Å²) in [5, 5.41) is 16.3. The molecule has 12 nitrogen and oxygen atoms in total. The third kappa shape index (κ3) is 12.5. The standard InChI is InChI=1S/C38H51Cl2N3O9/c1-22(2)17-30-36(47)50-28(23(3)34(52-32(45)20-41)33(40)25-11-8-7-9-12-25)13-10-14-31(44)43-27(19-24-15-16-29(49-6)26(39)18-24)35(46)42-21-38(4,5)37(48)51-30/h7-12,14-16,18,22-23,27-28,30-31,33-34,43-44H,13,17,19-21,41H2,1-6H3,(H,42,46)/b14-10+/t23-,27+,28-,30-,31?,33-,34+/m0/s1. The van der Waals surface area contributed by atoms with Crippen LogP contribution in [0.4, 0.5) is 0 Å². The molecule has 1 aliphatic heterocycles. The maximum absolute atomic E-state index is 13.8.